The predicted molar refractivity (Wildman–Crippen MR) is 73.6 cm³/mol. The summed E-state index contributed by atoms with van der Waals surface area (Å²) in [4.78, 5) is 0. The fourth-order valence-corrected chi connectivity index (χ4v) is 1.53. The number of hydrogen-bond acceptors (Lipinski definition) is 3. The first kappa shape index (κ1) is 14.2. The van der Waals surface area contributed by atoms with Gasteiger partial charge in [-0.15, -0.1) is 0 Å². The van der Waals surface area contributed by atoms with Crippen molar-refractivity contribution in [2.24, 2.45) is 0 Å². The zero-order chi connectivity index (χ0) is 12.7. The molecule has 0 spiro atoms. The number of aliphatic hydroxyl groups excluding tert-OH is 1. The van der Waals surface area contributed by atoms with Crippen LogP contribution in [0.3, 0.4) is 0 Å². The van der Waals surface area contributed by atoms with Gasteiger partial charge in [-0.3, -0.25) is 0 Å². The number of rotatable bonds is 7. The Hall–Kier alpha value is -0.840. The van der Waals surface area contributed by atoms with Crippen molar-refractivity contribution >= 4 is 15.9 Å². The molecule has 0 bridgehead atoms. The van der Waals surface area contributed by atoms with Crippen LogP contribution in [-0.2, 0) is 0 Å². The van der Waals surface area contributed by atoms with Crippen molar-refractivity contribution in [3.05, 3.63) is 40.9 Å². The largest absolute Gasteiger partial charge is 0.491 e. The quantitative estimate of drug-likeness (QED) is 0.811. The van der Waals surface area contributed by atoms with Crippen LogP contribution in [0.25, 0.3) is 0 Å². The van der Waals surface area contributed by atoms with Crippen molar-refractivity contribution in [3.63, 3.8) is 0 Å². The summed E-state index contributed by atoms with van der Waals surface area (Å²) in [6.45, 7) is 7.11. The van der Waals surface area contributed by atoms with E-state index in [1.165, 1.54) is 0 Å². The van der Waals surface area contributed by atoms with Crippen LogP contribution in [-0.4, -0.2) is 30.9 Å². The van der Waals surface area contributed by atoms with Gasteiger partial charge in [0.2, 0.25) is 0 Å². The van der Waals surface area contributed by atoms with Gasteiger partial charge in [-0.25, -0.2) is 0 Å². The topological polar surface area (TPSA) is 41.5 Å². The molecule has 3 nitrogen and oxygen atoms in total. The zero-order valence-corrected chi connectivity index (χ0v) is 11.5. The smallest absolute Gasteiger partial charge is 0.119 e. The van der Waals surface area contributed by atoms with E-state index in [1.807, 2.05) is 31.2 Å². The van der Waals surface area contributed by atoms with Gasteiger partial charge in [-0.1, -0.05) is 34.6 Å². The number of nitrogens with one attached hydrogen (secondary N) is 1. The van der Waals surface area contributed by atoms with E-state index < -0.39 is 6.10 Å². The van der Waals surface area contributed by atoms with Crippen molar-refractivity contribution in [1.29, 1.82) is 0 Å². The Bertz CT molecular complexity index is 368. The maximum Gasteiger partial charge on any atom is 0.119 e. The highest BCUT2D eigenvalue weighted by atomic mass is 79.9. The third-order valence-corrected chi connectivity index (χ3v) is 2.41. The minimum absolute atomic E-state index is 0.283. The Kier molecular flexibility index (Phi) is 6.26. The lowest BCUT2D eigenvalue weighted by molar-refractivity contribution is 0.107. The Labute approximate surface area is 111 Å². The van der Waals surface area contributed by atoms with Gasteiger partial charge >= 0.3 is 0 Å². The molecular weight excluding hydrogens is 282 g/mol. The molecule has 0 saturated heterocycles. The average molecular weight is 300 g/mol. The van der Waals surface area contributed by atoms with Gasteiger partial charge < -0.3 is 15.2 Å². The van der Waals surface area contributed by atoms with Gasteiger partial charge in [0.25, 0.3) is 0 Å². The second kappa shape index (κ2) is 7.48. The third-order valence-electron chi connectivity index (χ3n) is 2.13. The van der Waals surface area contributed by atoms with E-state index in [9.17, 15) is 5.11 Å². The Morgan fingerprint density at radius 3 is 3.00 bits per heavy atom. The zero-order valence-electron chi connectivity index (χ0n) is 9.95. The van der Waals surface area contributed by atoms with E-state index in [-0.39, 0.29) is 6.61 Å². The molecular formula is C13H18BrNO2. The highest BCUT2D eigenvalue weighted by Crippen LogP contribution is 2.12. The summed E-state index contributed by atoms with van der Waals surface area (Å²) < 4.78 is 6.35. The third kappa shape index (κ3) is 6.46. The first-order valence-corrected chi connectivity index (χ1v) is 6.29. The maximum atomic E-state index is 9.66. The van der Waals surface area contributed by atoms with Gasteiger partial charge in [-0.05, 0) is 24.6 Å². The van der Waals surface area contributed by atoms with Crippen LogP contribution in [0, 0.1) is 6.92 Å². The molecule has 1 aromatic rings. The van der Waals surface area contributed by atoms with Crippen molar-refractivity contribution in [3.8, 4) is 5.75 Å². The fraction of sp³-hybridized carbons (Fsp3) is 0.385. The molecule has 1 atom stereocenters. The SMILES string of the molecule is C=C(Br)CNCC(O)COc1cccc(C)c1. The van der Waals surface area contributed by atoms with E-state index in [0.717, 1.165) is 15.8 Å². The molecule has 4 heteroatoms. The first-order valence-electron chi connectivity index (χ1n) is 5.49. The molecule has 0 aromatic heterocycles. The van der Waals surface area contributed by atoms with Crippen molar-refractivity contribution < 1.29 is 9.84 Å². The summed E-state index contributed by atoms with van der Waals surface area (Å²) in [5.74, 6) is 0.786. The Morgan fingerprint density at radius 2 is 2.35 bits per heavy atom. The summed E-state index contributed by atoms with van der Waals surface area (Å²) in [5.41, 5.74) is 1.14. The molecule has 1 rings (SSSR count). The van der Waals surface area contributed by atoms with Crippen LogP contribution in [0.5, 0.6) is 5.75 Å². The summed E-state index contributed by atoms with van der Waals surface area (Å²) >= 11 is 3.24. The van der Waals surface area contributed by atoms with E-state index in [2.05, 4.69) is 27.8 Å². The highest BCUT2D eigenvalue weighted by molar-refractivity contribution is 9.11. The number of ether oxygens (including phenoxy) is 1. The van der Waals surface area contributed by atoms with Crippen LogP contribution in [0.15, 0.2) is 35.3 Å². The number of benzene rings is 1. The molecule has 0 aliphatic carbocycles. The molecule has 0 radical (unpaired) electrons. The predicted octanol–water partition coefficient (Wildman–Crippen LogP) is 2.23. The fourth-order valence-electron chi connectivity index (χ4n) is 1.33. The molecule has 1 unspecified atom stereocenters. The normalized spacial score (nSPS) is 12.2. The molecule has 0 amide bonds. The number of hydrogen-bond donors (Lipinski definition) is 2. The summed E-state index contributed by atoms with van der Waals surface area (Å²) in [6.07, 6.45) is -0.526. The molecule has 17 heavy (non-hydrogen) atoms. The minimum atomic E-state index is -0.526. The number of aliphatic hydroxyl groups is 1. The first-order chi connectivity index (χ1) is 8.08. The van der Waals surface area contributed by atoms with Crippen LogP contribution >= 0.6 is 15.9 Å². The summed E-state index contributed by atoms with van der Waals surface area (Å²) in [7, 11) is 0. The van der Waals surface area contributed by atoms with Crippen molar-refractivity contribution in [2.75, 3.05) is 19.7 Å². The van der Waals surface area contributed by atoms with Crippen LogP contribution in [0.2, 0.25) is 0 Å². The van der Waals surface area contributed by atoms with Crippen molar-refractivity contribution in [2.45, 2.75) is 13.0 Å². The molecule has 0 aliphatic heterocycles. The summed E-state index contributed by atoms with van der Waals surface area (Å²) in [5, 5.41) is 12.7. The van der Waals surface area contributed by atoms with Gasteiger partial charge in [0.15, 0.2) is 0 Å². The van der Waals surface area contributed by atoms with Gasteiger partial charge in [-0.2, -0.15) is 0 Å². The molecule has 0 heterocycles. The van der Waals surface area contributed by atoms with Crippen LogP contribution < -0.4 is 10.1 Å². The molecule has 0 aliphatic rings. The number of halogens is 1. The second-order valence-electron chi connectivity index (χ2n) is 3.93. The van der Waals surface area contributed by atoms with E-state index in [4.69, 9.17) is 4.74 Å². The molecule has 0 fully saturated rings. The molecule has 94 valence electrons. The summed E-state index contributed by atoms with van der Waals surface area (Å²) in [6, 6.07) is 7.77. The lowest BCUT2D eigenvalue weighted by Gasteiger charge is -2.13. The second-order valence-corrected chi connectivity index (χ2v) is 5.05. The highest BCUT2D eigenvalue weighted by Gasteiger charge is 2.04. The van der Waals surface area contributed by atoms with Crippen LogP contribution in [0.4, 0.5) is 0 Å². The lowest BCUT2D eigenvalue weighted by Crippen LogP contribution is -2.32. The minimum Gasteiger partial charge on any atom is -0.491 e. The van der Waals surface area contributed by atoms with Gasteiger partial charge in [0, 0.05) is 17.6 Å². The van der Waals surface area contributed by atoms with E-state index >= 15 is 0 Å². The van der Waals surface area contributed by atoms with E-state index in [0.29, 0.717) is 13.1 Å². The molecule has 0 saturated carbocycles. The maximum absolute atomic E-state index is 9.66. The van der Waals surface area contributed by atoms with Gasteiger partial charge in [0.05, 0.1) is 0 Å². The average Bonchev–Trinajstić information content (AvgIpc) is 2.26. The van der Waals surface area contributed by atoms with Crippen LogP contribution in [0.1, 0.15) is 5.56 Å². The van der Waals surface area contributed by atoms with E-state index in [1.54, 1.807) is 0 Å². The lowest BCUT2D eigenvalue weighted by atomic mass is 10.2. The molecule has 2 N–H and O–H groups in total. The Morgan fingerprint density at radius 1 is 1.59 bits per heavy atom. The monoisotopic (exact) mass is 299 g/mol. The Balaban J connectivity index is 2.23. The number of aryl methyl sites for hydroxylation is 1. The van der Waals surface area contributed by atoms with Crippen molar-refractivity contribution in [1.82, 2.24) is 5.32 Å². The standard InChI is InChI=1S/C13H18BrNO2/c1-10-4-3-5-13(6-10)17-9-12(16)8-15-7-11(2)14/h3-6,12,15-16H,2,7-9H2,1H3. The van der Waals surface area contributed by atoms with Gasteiger partial charge in [0.1, 0.15) is 18.5 Å². The molecule has 1 aromatic carbocycles.